The molecule has 2 N–H and O–H groups in total. The van der Waals surface area contributed by atoms with Crippen molar-refractivity contribution in [3.8, 4) is 0 Å². The summed E-state index contributed by atoms with van der Waals surface area (Å²) in [6, 6.07) is 6.34. The van der Waals surface area contributed by atoms with Crippen molar-refractivity contribution in [3.05, 3.63) is 35.6 Å². The van der Waals surface area contributed by atoms with Crippen LogP contribution in [-0.2, 0) is 15.0 Å². The highest BCUT2D eigenvalue weighted by Crippen LogP contribution is 2.49. The number of rotatable bonds is 5. The highest BCUT2D eigenvalue weighted by molar-refractivity contribution is 5.94. The molecule has 1 aliphatic rings. The number of halogens is 1. The van der Waals surface area contributed by atoms with E-state index < -0.39 is 5.41 Å². The van der Waals surface area contributed by atoms with Gasteiger partial charge in [0.15, 0.2) is 0 Å². The summed E-state index contributed by atoms with van der Waals surface area (Å²) in [5, 5.41) is 5.29. The van der Waals surface area contributed by atoms with Crippen LogP contribution in [0.4, 0.5) is 4.39 Å². The molecule has 0 aromatic heterocycles. The molecule has 4 nitrogen and oxygen atoms in total. The summed E-state index contributed by atoms with van der Waals surface area (Å²) in [6.45, 7) is 3.62. The summed E-state index contributed by atoms with van der Waals surface area (Å²) >= 11 is 0. The van der Waals surface area contributed by atoms with Gasteiger partial charge in [0.1, 0.15) is 5.82 Å². The fourth-order valence-electron chi connectivity index (χ4n) is 2.30. The van der Waals surface area contributed by atoms with E-state index in [4.69, 9.17) is 0 Å². The monoisotopic (exact) mass is 278 g/mol. The zero-order valence-electron chi connectivity index (χ0n) is 11.7. The molecule has 0 atom stereocenters. The second-order valence-corrected chi connectivity index (χ2v) is 5.47. The molecule has 1 fully saturated rings. The van der Waals surface area contributed by atoms with Gasteiger partial charge < -0.3 is 10.6 Å². The highest BCUT2D eigenvalue weighted by atomic mass is 19.1. The predicted octanol–water partition coefficient (Wildman–Crippen LogP) is 1.50. The molecule has 108 valence electrons. The third-order valence-electron chi connectivity index (χ3n) is 3.43. The molecule has 2 rings (SSSR count). The molecule has 1 aromatic carbocycles. The van der Waals surface area contributed by atoms with E-state index in [2.05, 4.69) is 10.6 Å². The number of hydrogen-bond donors (Lipinski definition) is 2. The zero-order valence-corrected chi connectivity index (χ0v) is 11.7. The summed E-state index contributed by atoms with van der Waals surface area (Å²) in [5.41, 5.74) is -0.370. The SMILES string of the molecule is CC(C)NC(=O)CNC(=O)C1(c2ccccc2F)CC1. The van der Waals surface area contributed by atoms with Gasteiger partial charge in [-0.15, -0.1) is 0 Å². The molecule has 0 aliphatic heterocycles. The molecule has 0 spiro atoms. The van der Waals surface area contributed by atoms with Gasteiger partial charge >= 0.3 is 0 Å². The summed E-state index contributed by atoms with van der Waals surface area (Å²) in [7, 11) is 0. The van der Waals surface area contributed by atoms with Crippen molar-refractivity contribution < 1.29 is 14.0 Å². The van der Waals surface area contributed by atoms with Gasteiger partial charge in [-0.25, -0.2) is 4.39 Å². The van der Waals surface area contributed by atoms with Crippen molar-refractivity contribution in [1.29, 1.82) is 0 Å². The summed E-state index contributed by atoms with van der Waals surface area (Å²) < 4.78 is 13.8. The van der Waals surface area contributed by atoms with E-state index in [-0.39, 0.29) is 30.2 Å². The lowest BCUT2D eigenvalue weighted by atomic mass is 9.94. The number of carbonyl (C=O) groups excluding carboxylic acids is 2. The minimum absolute atomic E-state index is 0.0286. The first-order chi connectivity index (χ1) is 9.45. The Balaban J connectivity index is 1.99. The molecule has 0 heterocycles. The third-order valence-corrected chi connectivity index (χ3v) is 3.43. The molecule has 1 aromatic rings. The number of nitrogens with one attached hydrogen (secondary N) is 2. The molecule has 1 saturated carbocycles. The predicted molar refractivity (Wildman–Crippen MR) is 73.6 cm³/mol. The summed E-state index contributed by atoms with van der Waals surface area (Å²) in [5.74, 6) is -0.883. The minimum atomic E-state index is -0.788. The average molecular weight is 278 g/mol. The summed E-state index contributed by atoms with van der Waals surface area (Å²) in [6.07, 6.45) is 1.23. The maximum absolute atomic E-state index is 13.8. The van der Waals surface area contributed by atoms with Crippen LogP contribution >= 0.6 is 0 Å². The van der Waals surface area contributed by atoms with E-state index in [0.717, 1.165) is 0 Å². The first-order valence-corrected chi connectivity index (χ1v) is 6.78. The topological polar surface area (TPSA) is 58.2 Å². The smallest absolute Gasteiger partial charge is 0.239 e. The Kier molecular flexibility index (Phi) is 4.06. The molecule has 0 bridgehead atoms. The number of amides is 2. The second kappa shape index (κ2) is 5.61. The van der Waals surface area contributed by atoms with Crippen molar-refractivity contribution in [1.82, 2.24) is 10.6 Å². The van der Waals surface area contributed by atoms with Crippen molar-refractivity contribution in [3.63, 3.8) is 0 Å². The lowest BCUT2D eigenvalue weighted by Gasteiger charge is -2.16. The summed E-state index contributed by atoms with van der Waals surface area (Å²) in [4.78, 5) is 23.7. The van der Waals surface area contributed by atoms with Crippen LogP contribution in [0.3, 0.4) is 0 Å². The molecule has 5 heteroatoms. The molecule has 20 heavy (non-hydrogen) atoms. The van der Waals surface area contributed by atoms with Gasteiger partial charge in [0.05, 0.1) is 12.0 Å². The van der Waals surface area contributed by atoms with Crippen molar-refractivity contribution in [2.45, 2.75) is 38.1 Å². The van der Waals surface area contributed by atoms with Crippen LogP contribution in [0.5, 0.6) is 0 Å². The zero-order chi connectivity index (χ0) is 14.8. The molecule has 0 saturated heterocycles. The van der Waals surface area contributed by atoms with E-state index in [1.54, 1.807) is 18.2 Å². The molecule has 0 unspecified atom stereocenters. The van der Waals surface area contributed by atoms with Crippen LogP contribution in [0, 0.1) is 5.82 Å². The van der Waals surface area contributed by atoms with Gasteiger partial charge in [0, 0.05) is 11.6 Å². The van der Waals surface area contributed by atoms with Gasteiger partial charge in [-0.2, -0.15) is 0 Å². The Hall–Kier alpha value is -1.91. The van der Waals surface area contributed by atoms with Crippen molar-refractivity contribution in [2.75, 3.05) is 6.54 Å². The van der Waals surface area contributed by atoms with Crippen LogP contribution in [0.2, 0.25) is 0 Å². The number of benzene rings is 1. The van der Waals surface area contributed by atoms with E-state index in [0.29, 0.717) is 18.4 Å². The second-order valence-electron chi connectivity index (χ2n) is 5.47. The van der Waals surface area contributed by atoms with E-state index in [1.807, 2.05) is 13.8 Å². The fraction of sp³-hybridized carbons (Fsp3) is 0.467. The maximum atomic E-state index is 13.8. The lowest BCUT2D eigenvalue weighted by molar-refractivity contribution is -0.127. The van der Waals surface area contributed by atoms with Crippen LogP contribution in [0.1, 0.15) is 32.3 Å². The third kappa shape index (κ3) is 2.98. The fourth-order valence-corrected chi connectivity index (χ4v) is 2.30. The van der Waals surface area contributed by atoms with Crippen LogP contribution < -0.4 is 10.6 Å². The van der Waals surface area contributed by atoms with E-state index in [1.165, 1.54) is 6.07 Å². The van der Waals surface area contributed by atoms with Gasteiger partial charge in [-0.1, -0.05) is 18.2 Å². The van der Waals surface area contributed by atoms with E-state index >= 15 is 0 Å². The Bertz CT molecular complexity index is 524. The van der Waals surface area contributed by atoms with Gasteiger partial charge in [-0.3, -0.25) is 9.59 Å². The van der Waals surface area contributed by atoms with Crippen molar-refractivity contribution in [2.24, 2.45) is 0 Å². The van der Waals surface area contributed by atoms with E-state index in [9.17, 15) is 14.0 Å². The molecule has 0 radical (unpaired) electrons. The Morgan fingerprint density at radius 3 is 2.50 bits per heavy atom. The standard InChI is InChI=1S/C15H19FN2O2/c1-10(2)18-13(19)9-17-14(20)15(7-8-15)11-5-3-4-6-12(11)16/h3-6,10H,7-9H2,1-2H3,(H,17,20)(H,18,19). The van der Waals surface area contributed by atoms with Crippen LogP contribution in [-0.4, -0.2) is 24.4 Å². The van der Waals surface area contributed by atoms with Crippen LogP contribution in [0.25, 0.3) is 0 Å². The minimum Gasteiger partial charge on any atom is -0.352 e. The Morgan fingerprint density at radius 2 is 1.95 bits per heavy atom. The molecular formula is C15H19FN2O2. The van der Waals surface area contributed by atoms with Crippen molar-refractivity contribution >= 4 is 11.8 Å². The van der Waals surface area contributed by atoms with Crippen LogP contribution in [0.15, 0.2) is 24.3 Å². The number of hydrogen-bond acceptors (Lipinski definition) is 2. The first-order valence-electron chi connectivity index (χ1n) is 6.78. The quantitative estimate of drug-likeness (QED) is 0.857. The average Bonchev–Trinajstić information content (AvgIpc) is 3.17. The highest BCUT2D eigenvalue weighted by Gasteiger charge is 2.52. The molecule has 2 amide bonds. The molecular weight excluding hydrogens is 259 g/mol. The van der Waals surface area contributed by atoms with Gasteiger partial charge in [0.25, 0.3) is 0 Å². The Labute approximate surface area is 117 Å². The Morgan fingerprint density at radius 1 is 1.30 bits per heavy atom. The van der Waals surface area contributed by atoms with Gasteiger partial charge in [-0.05, 0) is 32.8 Å². The van der Waals surface area contributed by atoms with Gasteiger partial charge in [0.2, 0.25) is 11.8 Å². The normalized spacial score (nSPS) is 15.8. The lowest BCUT2D eigenvalue weighted by Crippen LogP contribution is -2.43. The number of carbonyl (C=O) groups is 2. The maximum Gasteiger partial charge on any atom is 0.239 e. The largest absolute Gasteiger partial charge is 0.352 e. The first kappa shape index (κ1) is 14.5. The molecule has 1 aliphatic carbocycles.